The van der Waals surface area contributed by atoms with E-state index in [0.717, 1.165) is 0 Å². The van der Waals surface area contributed by atoms with Gasteiger partial charge in [-0.15, -0.1) is 0 Å². The Morgan fingerprint density at radius 1 is 0.943 bits per heavy atom. The van der Waals surface area contributed by atoms with E-state index in [1.165, 1.54) is 12.1 Å². The van der Waals surface area contributed by atoms with Gasteiger partial charge in [-0.1, -0.05) is 49.7 Å². The number of hydrogen-bond donors (Lipinski definition) is 2. The summed E-state index contributed by atoms with van der Waals surface area (Å²) >= 11 is 12.8. The number of carbonyl (C=O) groups is 1. The first kappa shape index (κ1) is 26.6. The molecule has 3 aromatic rings. The lowest BCUT2D eigenvalue weighted by Gasteiger charge is -2.30. The third kappa shape index (κ3) is 6.77. The molecule has 0 aliphatic heterocycles. The van der Waals surface area contributed by atoms with E-state index in [-0.39, 0.29) is 30.1 Å². The zero-order valence-corrected chi connectivity index (χ0v) is 20.9. The van der Waals surface area contributed by atoms with Crippen LogP contribution in [0.1, 0.15) is 29.8 Å². The maximum Gasteiger partial charge on any atom is 0.335 e. The Labute approximate surface area is 214 Å². The Bertz CT molecular complexity index is 1140. The van der Waals surface area contributed by atoms with E-state index in [0.29, 0.717) is 38.4 Å². The van der Waals surface area contributed by atoms with Crippen LogP contribution in [0.4, 0.5) is 0 Å². The number of aromatic carboxylic acids is 1. The molecule has 0 saturated heterocycles. The molecule has 184 valence electrons. The first-order chi connectivity index (χ1) is 16.7. The summed E-state index contributed by atoms with van der Waals surface area (Å²) in [6.45, 7) is 8.48. The number of benzene rings is 3. The SMILES string of the molecule is C=C(c1c(Cl)cccc1Cl)C(COc1ccc(Oc2ccc(C(=O)O)cc2)cc1)C(ON)C(C)C. The Morgan fingerprint density at radius 3 is 1.94 bits per heavy atom. The van der Waals surface area contributed by atoms with Crippen molar-refractivity contribution in [2.45, 2.75) is 20.0 Å². The molecule has 0 radical (unpaired) electrons. The van der Waals surface area contributed by atoms with Crippen molar-refractivity contribution in [2.75, 3.05) is 6.61 Å². The predicted octanol–water partition coefficient (Wildman–Crippen LogP) is 7.11. The number of carboxylic acid groups (broad SMARTS) is 1. The zero-order chi connectivity index (χ0) is 25.5. The number of carboxylic acids is 1. The fourth-order valence-electron chi connectivity index (χ4n) is 3.69. The van der Waals surface area contributed by atoms with Crippen molar-refractivity contribution in [3.05, 3.63) is 94.5 Å². The summed E-state index contributed by atoms with van der Waals surface area (Å²) < 4.78 is 11.8. The lowest BCUT2D eigenvalue weighted by atomic mass is 9.85. The Hall–Kier alpha value is -3.03. The number of hydrogen-bond acceptors (Lipinski definition) is 5. The monoisotopic (exact) mass is 515 g/mol. The van der Waals surface area contributed by atoms with Gasteiger partial charge < -0.3 is 19.4 Å². The van der Waals surface area contributed by atoms with Crippen molar-refractivity contribution in [1.82, 2.24) is 0 Å². The van der Waals surface area contributed by atoms with Crippen molar-refractivity contribution in [2.24, 2.45) is 17.7 Å². The molecule has 0 aliphatic rings. The molecule has 2 unspecified atom stereocenters. The second kappa shape index (κ2) is 12.1. The molecule has 0 saturated carbocycles. The van der Waals surface area contributed by atoms with Gasteiger partial charge in [-0.3, -0.25) is 0 Å². The summed E-state index contributed by atoms with van der Waals surface area (Å²) in [5.74, 6) is 6.13. The minimum Gasteiger partial charge on any atom is -0.493 e. The van der Waals surface area contributed by atoms with E-state index >= 15 is 0 Å². The summed E-state index contributed by atoms with van der Waals surface area (Å²) in [7, 11) is 0. The molecule has 3 rings (SSSR count). The van der Waals surface area contributed by atoms with Gasteiger partial charge in [-0.2, -0.15) is 0 Å². The molecule has 0 heterocycles. The summed E-state index contributed by atoms with van der Waals surface area (Å²) in [5.41, 5.74) is 1.51. The number of ether oxygens (including phenoxy) is 2. The Morgan fingerprint density at radius 2 is 1.46 bits per heavy atom. The molecule has 35 heavy (non-hydrogen) atoms. The average molecular weight is 516 g/mol. The van der Waals surface area contributed by atoms with Crippen LogP contribution in [0.15, 0.2) is 73.3 Å². The highest BCUT2D eigenvalue weighted by Gasteiger charge is 2.31. The van der Waals surface area contributed by atoms with Crippen LogP contribution in [0.5, 0.6) is 17.2 Å². The lowest BCUT2D eigenvalue weighted by Crippen LogP contribution is -2.36. The van der Waals surface area contributed by atoms with Crippen LogP contribution in [0.3, 0.4) is 0 Å². The van der Waals surface area contributed by atoms with Gasteiger partial charge in [-0.25, -0.2) is 10.7 Å². The van der Waals surface area contributed by atoms with Crippen LogP contribution in [-0.2, 0) is 4.84 Å². The molecule has 3 N–H and O–H groups in total. The second-order valence-electron chi connectivity index (χ2n) is 8.29. The van der Waals surface area contributed by atoms with Crippen LogP contribution >= 0.6 is 23.2 Å². The standard InChI is InChI=1S/C27H27Cl2NO5/c1-16(2)26(35-30)22(17(3)25-23(28)5-4-6-24(25)29)15-33-19-11-13-21(14-12-19)34-20-9-7-18(8-10-20)27(31)32/h4-14,16,22,26H,3,15,30H2,1-2H3,(H,31,32). The fraction of sp³-hybridized carbons (Fsp3) is 0.222. The second-order valence-corrected chi connectivity index (χ2v) is 9.10. The summed E-state index contributed by atoms with van der Waals surface area (Å²) in [5, 5.41) is 9.99. The Balaban J connectivity index is 1.73. The summed E-state index contributed by atoms with van der Waals surface area (Å²) in [6.07, 6.45) is -0.383. The molecule has 0 aliphatic carbocycles. The topological polar surface area (TPSA) is 91.0 Å². The van der Waals surface area contributed by atoms with E-state index in [1.54, 1.807) is 54.6 Å². The molecular weight excluding hydrogens is 489 g/mol. The molecule has 0 aromatic heterocycles. The third-order valence-corrected chi connectivity index (χ3v) is 6.16. The van der Waals surface area contributed by atoms with Gasteiger partial charge in [0, 0.05) is 21.5 Å². The van der Waals surface area contributed by atoms with Crippen molar-refractivity contribution < 1.29 is 24.2 Å². The first-order valence-electron chi connectivity index (χ1n) is 10.9. The average Bonchev–Trinajstić information content (AvgIpc) is 2.82. The molecule has 8 heteroatoms. The minimum atomic E-state index is -0.990. The van der Waals surface area contributed by atoms with Crippen molar-refractivity contribution in [3.8, 4) is 17.2 Å². The van der Waals surface area contributed by atoms with Crippen molar-refractivity contribution in [3.63, 3.8) is 0 Å². The molecule has 3 aromatic carbocycles. The highest BCUT2D eigenvalue weighted by molar-refractivity contribution is 6.37. The van der Waals surface area contributed by atoms with Gasteiger partial charge in [0.2, 0.25) is 0 Å². The van der Waals surface area contributed by atoms with Gasteiger partial charge in [-0.05, 0) is 72.2 Å². The number of rotatable bonds is 11. The molecule has 0 fully saturated rings. The zero-order valence-electron chi connectivity index (χ0n) is 19.4. The third-order valence-electron chi connectivity index (χ3n) is 5.53. The first-order valence-corrected chi connectivity index (χ1v) is 11.7. The van der Waals surface area contributed by atoms with E-state index in [9.17, 15) is 4.79 Å². The summed E-state index contributed by atoms with van der Waals surface area (Å²) in [4.78, 5) is 16.3. The van der Waals surface area contributed by atoms with E-state index in [1.807, 2.05) is 13.8 Å². The van der Waals surface area contributed by atoms with E-state index in [4.69, 9.17) is 48.5 Å². The van der Waals surface area contributed by atoms with Crippen molar-refractivity contribution in [1.29, 1.82) is 0 Å². The fourth-order valence-corrected chi connectivity index (χ4v) is 4.33. The van der Waals surface area contributed by atoms with Gasteiger partial charge in [0.15, 0.2) is 0 Å². The maximum absolute atomic E-state index is 11.0. The quantitative estimate of drug-likeness (QED) is 0.264. The maximum atomic E-state index is 11.0. The van der Waals surface area contributed by atoms with Crippen LogP contribution in [-0.4, -0.2) is 23.8 Å². The molecule has 0 bridgehead atoms. The van der Waals surface area contributed by atoms with E-state index in [2.05, 4.69) is 6.58 Å². The smallest absolute Gasteiger partial charge is 0.335 e. The Kier molecular flexibility index (Phi) is 9.18. The van der Waals surface area contributed by atoms with Gasteiger partial charge >= 0.3 is 5.97 Å². The molecule has 0 spiro atoms. The normalized spacial score (nSPS) is 12.7. The predicted molar refractivity (Wildman–Crippen MR) is 138 cm³/mol. The van der Waals surface area contributed by atoms with E-state index < -0.39 is 5.97 Å². The minimum absolute atomic E-state index is 0.0786. The lowest BCUT2D eigenvalue weighted by molar-refractivity contribution is -0.0144. The summed E-state index contributed by atoms with van der Waals surface area (Å²) in [6, 6.07) is 18.5. The van der Waals surface area contributed by atoms with Crippen LogP contribution < -0.4 is 15.4 Å². The van der Waals surface area contributed by atoms with Crippen molar-refractivity contribution >= 4 is 34.7 Å². The molecule has 6 nitrogen and oxygen atoms in total. The number of halogens is 2. The molecular formula is C27H27Cl2NO5. The number of nitrogens with two attached hydrogens (primary N) is 1. The van der Waals surface area contributed by atoms with Gasteiger partial charge in [0.1, 0.15) is 17.2 Å². The van der Waals surface area contributed by atoms with Crippen LogP contribution in [0.2, 0.25) is 10.0 Å². The largest absolute Gasteiger partial charge is 0.493 e. The van der Waals surface area contributed by atoms with Crippen LogP contribution in [0.25, 0.3) is 5.57 Å². The van der Waals surface area contributed by atoms with Gasteiger partial charge in [0.25, 0.3) is 0 Å². The molecule has 2 atom stereocenters. The van der Waals surface area contributed by atoms with Gasteiger partial charge in [0.05, 0.1) is 18.3 Å². The van der Waals surface area contributed by atoms with Crippen LogP contribution in [0, 0.1) is 11.8 Å². The highest BCUT2D eigenvalue weighted by Crippen LogP contribution is 2.37. The molecule has 0 amide bonds. The highest BCUT2D eigenvalue weighted by atomic mass is 35.5.